The summed E-state index contributed by atoms with van der Waals surface area (Å²) in [6.07, 6.45) is 1.80. The standard InChI is InChI=1S/C14H11BrClN3/c1-9-6-7-17-14-13(9)18-12(8-16)19(14)11-4-2-10(15)3-5-11/h2-7H,8H2,1H3. The molecule has 96 valence electrons. The second kappa shape index (κ2) is 4.94. The Hall–Kier alpha value is -1.39. The maximum absolute atomic E-state index is 6.02. The topological polar surface area (TPSA) is 30.7 Å². The van der Waals surface area contributed by atoms with Crippen LogP contribution < -0.4 is 0 Å². The number of imidazole rings is 1. The summed E-state index contributed by atoms with van der Waals surface area (Å²) in [6.45, 7) is 2.03. The van der Waals surface area contributed by atoms with Crippen molar-refractivity contribution in [3.63, 3.8) is 0 Å². The summed E-state index contributed by atoms with van der Waals surface area (Å²) in [6, 6.07) is 9.99. The average molecular weight is 337 g/mol. The minimum absolute atomic E-state index is 0.353. The Morgan fingerprint density at radius 1 is 1.21 bits per heavy atom. The number of pyridine rings is 1. The first kappa shape index (κ1) is 12.6. The van der Waals surface area contributed by atoms with E-state index in [0.717, 1.165) is 32.7 Å². The highest BCUT2D eigenvalue weighted by Crippen LogP contribution is 2.24. The molecule has 0 saturated heterocycles. The maximum atomic E-state index is 6.02. The number of aryl methyl sites for hydroxylation is 1. The lowest BCUT2D eigenvalue weighted by Gasteiger charge is -2.07. The summed E-state index contributed by atoms with van der Waals surface area (Å²) < 4.78 is 3.04. The molecule has 0 saturated carbocycles. The second-order valence-electron chi connectivity index (χ2n) is 4.27. The van der Waals surface area contributed by atoms with Crippen molar-refractivity contribution in [1.82, 2.24) is 14.5 Å². The molecular weight excluding hydrogens is 326 g/mol. The lowest BCUT2D eigenvalue weighted by Crippen LogP contribution is -1.99. The number of fused-ring (bicyclic) bond motifs is 1. The summed E-state index contributed by atoms with van der Waals surface area (Å²) in [7, 11) is 0. The summed E-state index contributed by atoms with van der Waals surface area (Å²) in [5.41, 5.74) is 3.87. The molecule has 2 aromatic heterocycles. The van der Waals surface area contributed by atoms with Crippen molar-refractivity contribution in [3.05, 3.63) is 52.4 Å². The molecule has 3 aromatic rings. The van der Waals surface area contributed by atoms with E-state index in [1.807, 2.05) is 41.8 Å². The zero-order chi connectivity index (χ0) is 13.4. The normalized spacial score (nSPS) is 11.1. The highest BCUT2D eigenvalue weighted by atomic mass is 79.9. The highest BCUT2D eigenvalue weighted by Gasteiger charge is 2.13. The minimum atomic E-state index is 0.353. The van der Waals surface area contributed by atoms with E-state index in [9.17, 15) is 0 Å². The van der Waals surface area contributed by atoms with Crippen LogP contribution in [-0.4, -0.2) is 14.5 Å². The third kappa shape index (κ3) is 2.15. The molecule has 0 bridgehead atoms. The van der Waals surface area contributed by atoms with E-state index < -0.39 is 0 Å². The van der Waals surface area contributed by atoms with Crippen LogP contribution in [0.3, 0.4) is 0 Å². The summed E-state index contributed by atoms with van der Waals surface area (Å²) in [5.74, 6) is 1.16. The third-order valence-corrected chi connectivity index (χ3v) is 3.79. The zero-order valence-corrected chi connectivity index (χ0v) is 12.6. The van der Waals surface area contributed by atoms with Gasteiger partial charge >= 0.3 is 0 Å². The Balaban J connectivity index is 2.32. The first-order valence-electron chi connectivity index (χ1n) is 5.85. The first-order valence-corrected chi connectivity index (χ1v) is 7.18. The zero-order valence-electron chi connectivity index (χ0n) is 10.3. The SMILES string of the molecule is Cc1ccnc2c1nc(CCl)n2-c1ccc(Br)cc1. The van der Waals surface area contributed by atoms with Crippen LogP contribution in [0, 0.1) is 6.92 Å². The molecule has 0 N–H and O–H groups in total. The Morgan fingerprint density at radius 2 is 1.95 bits per heavy atom. The van der Waals surface area contributed by atoms with Crippen molar-refractivity contribution < 1.29 is 0 Å². The average Bonchev–Trinajstić information content (AvgIpc) is 2.80. The van der Waals surface area contributed by atoms with Gasteiger partial charge < -0.3 is 0 Å². The molecule has 0 aliphatic carbocycles. The van der Waals surface area contributed by atoms with Crippen molar-refractivity contribution in [1.29, 1.82) is 0 Å². The lowest BCUT2D eigenvalue weighted by atomic mass is 10.2. The molecule has 1 aromatic carbocycles. The fourth-order valence-electron chi connectivity index (χ4n) is 2.09. The monoisotopic (exact) mass is 335 g/mol. The van der Waals surface area contributed by atoms with E-state index in [-0.39, 0.29) is 0 Å². The molecule has 0 aliphatic rings. The molecular formula is C14H11BrClN3. The number of rotatable bonds is 2. The number of aromatic nitrogens is 3. The fraction of sp³-hybridized carbons (Fsp3) is 0.143. The van der Waals surface area contributed by atoms with Crippen LogP contribution in [0.1, 0.15) is 11.4 Å². The van der Waals surface area contributed by atoms with Gasteiger partial charge in [-0.2, -0.15) is 0 Å². The molecule has 2 heterocycles. The largest absolute Gasteiger partial charge is 0.280 e. The molecule has 0 unspecified atom stereocenters. The third-order valence-electron chi connectivity index (χ3n) is 3.02. The molecule has 3 rings (SSSR count). The van der Waals surface area contributed by atoms with Crippen molar-refractivity contribution in [2.24, 2.45) is 0 Å². The van der Waals surface area contributed by atoms with E-state index in [1.165, 1.54) is 0 Å². The predicted octanol–water partition coefficient (Wildman–Crippen LogP) is 4.23. The Bertz CT molecular complexity index is 734. The van der Waals surface area contributed by atoms with Gasteiger partial charge in [0, 0.05) is 16.4 Å². The summed E-state index contributed by atoms with van der Waals surface area (Å²) >= 11 is 9.46. The molecule has 19 heavy (non-hydrogen) atoms. The van der Waals surface area contributed by atoms with Crippen molar-refractivity contribution >= 4 is 38.7 Å². The van der Waals surface area contributed by atoms with Crippen LogP contribution in [0.5, 0.6) is 0 Å². The van der Waals surface area contributed by atoms with Gasteiger partial charge in [0.25, 0.3) is 0 Å². The van der Waals surface area contributed by atoms with Gasteiger partial charge in [-0.25, -0.2) is 9.97 Å². The van der Waals surface area contributed by atoms with Gasteiger partial charge in [0.05, 0.1) is 5.88 Å². The van der Waals surface area contributed by atoms with E-state index >= 15 is 0 Å². The fourth-order valence-corrected chi connectivity index (χ4v) is 2.53. The van der Waals surface area contributed by atoms with Gasteiger partial charge in [0.2, 0.25) is 0 Å². The van der Waals surface area contributed by atoms with Gasteiger partial charge in [0.15, 0.2) is 5.65 Å². The molecule has 0 spiro atoms. The van der Waals surface area contributed by atoms with Gasteiger partial charge in [-0.05, 0) is 42.8 Å². The summed E-state index contributed by atoms with van der Waals surface area (Å²) in [5, 5.41) is 0. The Morgan fingerprint density at radius 3 is 2.63 bits per heavy atom. The van der Waals surface area contributed by atoms with Crippen LogP contribution in [0.2, 0.25) is 0 Å². The quantitative estimate of drug-likeness (QED) is 0.656. The van der Waals surface area contributed by atoms with E-state index in [4.69, 9.17) is 11.6 Å². The molecule has 0 aliphatic heterocycles. The molecule has 3 nitrogen and oxygen atoms in total. The van der Waals surface area contributed by atoms with Crippen molar-refractivity contribution in [2.45, 2.75) is 12.8 Å². The number of hydrogen-bond donors (Lipinski definition) is 0. The van der Waals surface area contributed by atoms with E-state index in [2.05, 4.69) is 25.9 Å². The van der Waals surface area contributed by atoms with E-state index in [1.54, 1.807) is 6.20 Å². The number of nitrogens with zero attached hydrogens (tertiary/aromatic N) is 3. The van der Waals surface area contributed by atoms with Crippen LogP contribution in [-0.2, 0) is 5.88 Å². The van der Waals surface area contributed by atoms with Crippen molar-refractivity contribution in [3.8, 4) is 5.69 Å². The second-order valence-corrected chi connectivity index (χ2v) is 5.46. The number of benzene rings is 1. The van der Waals surface area contributed by atoms with Crippen LogP contribution in [0.15, 0.2) is 41.0 Å². The van der Waals surface area contributed by atoms with Crippen LogP contribution in [0.25, 0.3) is 16.9 Å². The molecule has 5 heteroatoms. The maximum Gasteiger partial charge on any atom is 0.164 e. The number of alkyl halides is 1. The number of halogens is 2. The van der Waals surface area contributed by atoms with Crippen molar-refractivity contribution in [2.75, 3.05) is 0 Å². The Labute approximate surface area is 124 Å². The van der Waals surface area contributed by atoms with Gasteiger partial charge in [-0.3, -0.25) is 4.57 Å². The van der Waals surface area contributed by atoms with Gasteiger partial charge in [0.1, 0.15) is 11.3 Å². The predicted molar refractivity (Wildman–Crippen MR) is 80.9 cm³/mol. The molecule has 0 radical (unpaired) electrons. The summed E-state index contributed by atoms with van der Waals surface area (Å²) in [4.78, 5) is 9.03. The lowest BCUT2D eigenvalue weighted by molar-refractivity contribution is 0.969. The first-order chi connectivity index (χ1) is 9.20. The smallest absolute Gasteiger partial charge is 0.164 e. The Kier molecular flexibility index (Phi) is 3.29. The minimum Gasteiger partial charge on any atom is -0.280 e. The number of hydrogen-bond acceptors (Lipinski definition) is 2. The highest BCUT2D eigenvalue weighted by molar-refractivity contribution is 9.10. The molecule has 0 fully saturated rings. The van der Waals surface area contributed by atoms with E-state index in [0.29, 0.717) is 5.88 Å². The van der Waals surface area contributed by atoms with Gasteiger partial charge in [-0.15, -0.1) is 11.6 Å². The molecule has 0 atom stereocenters. The van der Waals surface area contributed by atoms with Gasteiger partial charge in [-0.1, -0.05) is 15.9 Å². The van der Waals surface area contributed by atoms with Crippen LogP contribution in [0.4, 0.5) is 0 Å². The molecule has 0 amide bonds. The van der Waals surface area contributed by atoms with Crippen LogP contribution >= 0.6 is 27.5 Å².